The third kappa shape index (κ3) is 3.61. The van der Waals surface area contributed by atoms with E-state index in [-0.39, 0.29) is 5.91 Å². The molecule has 0 unspecified atom stereocenters. The third-order valence-corrected chi connectivity index (χ3v) is 3.54. The first-order chi connectivity index (χ1) is 11.3. The van der Waals surface area contributed by atoms with Crippen LogP contribution in [0.15, 0.2) is 71.3 Å². The number of benzene rings is 2. The van der Waals surface area contributed by atoms with Gasteiger partial charge in [0.25, 0.3) is 5.91 Å². The zero-order chi connectivity index (χ0) is 16.1. The number of amides is 1. The van der Waals surface area contributed by atoms with Crippen molar-refractivity contribution in [1.29, 1.82) is 0 Å². The monoisotopic (exact) mass is 307 g/mol. The molecule has 0 saturated carbocycles. The molecule has 4 heteroatoms. The molecule has 0 radical (unpaired) electrons. The molecule has 2 aromatic carbocycles. The first-order valence-electron chi connectivity index (χ1n) is 7.31. The van der Waals surface area contributed by atoms with E-state index in [9.17, 15) is 4.79 Å². The van der Waals surface area contributed by atoms with E-state index in [1.54, 1.807) is 25.5 Å². The summed E-state index contributed by atoms with van der Waals surface area (Å²) in [6, 6.07) is 18.7. The highest BCUT2D eigenvalue weighted by molar-refractivity contribution is 5.94. The van der Waals surface area contributed by atoms with Crippen molar-refractivity contribution in [1.82, 2.24) is 5.32 Å². The molecule has 116 valence electrons. The zero-order valence-electron chi connectivity index (χ0n) is 12.8. The summed E-state index contributed by atoms with van der Waals surface area (Å²) in [5, 5.41) is 2.90. The molecule has 1 N–H and O–H groups in total. The van der Waals surface area contributed by atoms with Crippen molar-refractivity contribution in [3.63, 3.8) is 0 Å². The van der Waals surface area contributed by atoms with Gasteiger partial charge in [-0.3, -0.25) is 4.79 Å². The highest BCUT2D eigenvalue weighted by Gasteiger charge is 2.07. The summed E-state index contributed by atoms with van der Waals surface area (Å²) >= 11 is 0. The molecule has 3 aromatic rings. The molecule has 1 aromatic heterocycles. The summed E-state index contributed by atoms with van der Waals surface area (Å²) in [5.74, 6) is 1.45. The van der Waals surface area contributed by atoms with E-state index in [1.165, 1.54) is 0 Å². The number of hydrogen-bond donors (Lipinski definition) is 1. The summed E-state index contributed by atoms with van der Waals surface area (Å²) in [7, 11) is 1.62. The van der Waals surface area contributed by atoms with Crippen molar-refractivity contribution in [3.8, 4) is 17.1 Å². The van der Waals surface area contributed by atoms with E-state index in [1.807, 2.05) is 48.5 Å². The highest BCUT2D eigenvalue weighted by atomic mass is 16.5. The van der Waals surface area contributed by atoms with Crippen molar-refractivity contribution < 1.29 is 13.9 Å². The fraction of sp³-hybridized carbons (Fsp3) is 0.105. The number of carbonyl (C=O) groups is 1. The SMILES string of the molecule is COc1cccc(CNC(=O)c2ccc(-c3ccco3)cc2)c1. The number of rotatable bonds is 5. The maximum absolute atomic E-state index is 12.2. The smallest absolute Gasteiger partial charge is 0.251 e. The lowest BCUT2D eigenvalue weighted by molar-refractivity contribution is 0.0951. The van der Waals surface area contributed by atoms with Crippen LogP contribution in [-0.2, 0) is 6.54 Å². The predicted molar refractivity (Wildman–Crippen MR) is 88.3 cm³/mol. The van der Waals surface area contributed by atoms with Crippen LogP contribution in [0.2, 0.25) is 0 Å². The van der Waals surface area contributed by atoms with E-state index in [4.69, 9.17) is 9.15 Å². The van der Waals surface area contributed by atoms with Crippen LogP contribution in [0.3, 0.4) is 0 Å². The Hall–Kier alpha value is -3.01. The number of furan rings is 1. The molecule has 23 heavy (non-hydrogen) atoms. The van der Waals surface area contributed by atoms with Gasteiger partial charge < -0.3 is 14.5 Å². The van der Waals surface area contributed by atoms with Crippen molar-refractivity contribution >= 4 is 5.91 Å². The van der Waals surface area contributed by atoms with Crippen LogP contribution in [0.25, 0.3) is 11.3 Å². The molecule has 0 aliphatic carbocycles. The van der Waals surface area contributed by atoms with Crippen molar-refractivity contribution in [2.24, 2.45) is 0 Å². The van der Waals surface area contributed by atoms with Crippen LogP contribution < -0.4 is 10.1 Å². The molecule has 0 spiro atoms. The van der Waals surface area contributed by atoms with Crippen LogP contribution in [-0.4, -0.2) is 13.0 Å². The van der Waals surface area contributed by atoms with Crippen LogP contribution in [0.4, 0.5) is 0 Å². The molecule has 1 amide bonds. The second kappa shape index (κ2) is 6.83. The van der Waals surface area contributed by atoms with E-state index >= 15 is 0 Å². The predicted octanol–water partition coefficient (Wildman–Crippen LogP) is 3.89. The van der Waals surface area contributed by atoms with Gasteiger partial charge in [0.2, 0.25) is 0 Å². The molecule has 0 bridgehead atoms. The van der Waals surface area contributed by atoms with Gasteiger partial charge in [-0.1, -0.05) is 24.3 Å². The Morgan fingerprint density at radius 1 is 1.09 bits per heavy atom. The molecule has 0 fully saturated rings. The summed E-state index contributed by atoms with van der Waals surface area (Å²) in [4.78, 5) is 12.2. The van der Waals surface area contributed by atoms with Crippen LogP contribution in [0, 0.1) is 0 Å². The van der Waals surface area contributed by atoms with E-state index in [0.717, 1.165) is 22.6 Å². The molecule has 0 aliphatic heterocycles. The minimum absolute atomic E-state index is 0.112. The first-order valence-corrected chi connectivity index (χ1v) is 7.31. The Labute approximate surface area is 134 Å². The molecule has 3 rings (SSSR count). The van der Waals surface area contributed by atoms with Gasteiger partial charge in [0, 0.05) is 17.7 Å². The maximum Gasteiger partial charge on any atom is 0.251 e. The van der Waals surface area contributed by atoms with E-state index in [0.29, 0.717) is 12.1 Å². The van der Waals surface area contributed by atoms with Gasteiger partial charge in [0.05, 0.1) is 13.4 Å². The van der Waals surface area contributed by atoms with Gasteiger partial charge in [-0.2, -0.15) is 0 Å². The summed E-state index contributed by atoms with van der Waals surface area (Å²) in [6.45, 7) is 0.454. The molecule has 1 heterocycles. The van der Waals surface area contributed by atoms with Gasteiger partial charge in [-0.25, -0.2) is 0 Å². The number of hydrogen-bond acceptors (Lipinski definition) is 3. The summed E-state index contributed by atoms with van der Waals surface area (Å²) in [5.41, 5.74) is 2.55. The Kier molecular flexibility index (Phi) is 4.43. The van der Waals surface area contributed by atoms with Gasteiger partial charge in [-0.05, 0) is 42.0 Å². The second-order valence-corrected chi connectivity index (χ2v) is 5.09. The number of nitrogens with one attached hydrogen (secondary N) is 1. The van der Waals surface area contributed by atoms with Crippen LogP contribution in [0.5, 0.6) is 5.75 Å². The average Bonchev–Trinajstić information content (AvgIpc) is 3.14. The lowest BCUT2D eigenvalue weighted by Gasteiger charge is -2.07. The minimum atomic E-state index is -0.112. The zero-order valence-corrected chi connectivity index (χ0v) is 12.8. The normalized spacial score (nSPS) is 10.3. The van der Waals surface area contributed by atoms with Crippen LogP contribution >= 0.6 is 0 Å². The van der Waals surface area contributed by atoms with Gasteiger partial charge in [0.15, 0.2) is 0 Å². The molecule has 0 saturated heterocycles. The maximum atomic E-state index is 12.2. The topological polar surface area (TPSA) is 51.5 Å². The van der Waals surface area contributed by atoms with Gasteiger partial charge in [-0.15, -0.1) is 0 Å². The summed E-state index contributed by atoms with van der Waals surface area (Å²) < 4.78 is 10.5. The number of ether oxygens (including phenoxy) is 1. The van der Waals surface area contributed by atoms with E-state index < -0.39 is 0 Å². The quantitative estimate of drug-likeness (QED) is 0.778. The molecule has 0 aliphatic rings. The van der Waals surface area contributed by atoms with Crippen molar-refractivity contribution in [2.45, 2.75) is 6.54 Å². The van der Waals surface area contributed by atoms with Crippen molar-refractivity contribution in [3.05, 3.63) is 78.1 Å². The van der Waals surface area contributed by atoms with Crippen molar-refractivity contribution in [2.75, 3.05) is 7.11 Å². The van der Waals surface area contributed by atoms with Crippen LogP contribution in [0.1, 0.15) is 15.9 Å². The van der Waals surface area contributed by atoms with Gasteiger partial charge >= 0.3 is 0 Å². The first kappa shape index (κ1) is 14.9. The number of carbonyl (C=O) groups excluding carboxylic acids is 1. The fourth-order valence-corrected chi connectivity index (χ4v) is 2.30. The third-order valence-electron chi connectivity index (χ3n) is 3.54. The lowest BCUT2D eigenvalue weighted by atomic mass is 10.1. The van der Waals surface area contributed by atoms with Gasteiger partial charge in [0.1, 0.15) is 11.5 Å². The highest BCUT2D eigenvalue weighted by Crippen LogP contribution is 2.20. The number of methoxy groups -OCH3 is 1. The van der Waals surface area contributed by atoms with E-state index in [2.05, 4.69) is 5.32 Å². The Morgan fingerprint density at radius 2 is 1.91 bits per heavy atom. The average molecular weight is 307 g/mol. The molecular weight excluding hydrogens is 290 g/mol. The molecule has 0 atom stereocenters. The largest absolute Gasteiger partial charge is 0.497 e. The molecular formula is C19H17NO3. The Balaban J connectivity index is 1.64. The Bertz CT molecular complexity index is 777. The summed E-state index contributed by atoms with van der Waals surface area (Å²) in [6.07, 6.45) is 1.63. The second-order valence-electron chi connectivity index (χ2n) is 5.09. The fourth-order valence-electron chi connectivity index (χ4n) is 2.30. The lowest BCUT2D eigenvalue weighted by Crippen LogP contribution is -2.22. The standard InChI is InChI=1S/C19H17NO3/c1-22-17-5-2-4-14(12-17)13-20-19(21)16-9-7-15(8-10-16)18-6-3-11-23-18/h2-12H,13H2,1H3,(H,20,21). The minimum Gasteiger partial charge on any atom is -0.497 e. The Morgan fingerprint density at radius 3 is 2.61 bits per heavy atom. The molecule has 4 nitrogen and oxygen atoms in total.